The number of nitrogens with one attached hydrogen (secondary N) is 2. The lowest BCUT2D eigenvalue weighted by atomic mass is 10.2. The molecule has 3 rings (SSSR count). The van der Waals surface area contributed by atoms with Crippen molar-refractivity contribution in [3.8, 4) is 0 Å². The minimum atomic E-state index is -0.488. The summed E-state index contributed by atoms with van der Waals surface area (Å²) < 4.78 is 0. The first-order valence-corrected chi connectivity index (χ1v) is 9.31. The molecule has 0 atom stereocenters. The van der Waals surface area contributed by atoms with Crippen molar-refractivity contribution < 1.29 is 14.5 Å². The number of hydrogen-bond acceptors (Lipinski definition) is 5. The van der Waals surface area contributed by atoms with E-state index in [0.29, 0.717) is 31.9 Å². The Hall–Kier alpha value is -3.62. The minimum absolute atomic E-state index is 0.0413. The summed E-state index contributed by atoms with van der Waals surface area (Å²) in [6.07, 6.45) is 0. The molecule has 0 radical (unpaired) electrons. The molecule has 1 aliphatic rings. The van der Waals surface area contributed by atoms with E-state index in [2.05, 4.69) is 10.6 Å². The predicted octanol–water partition coefficient (Wildman–Crippen LogP) is 2.69. The third-order valence-corrected chi connectivity index (χ3v) is 4.72. The molecule has 2 aromatic rings. The number of carbonyl (C=O) groups is 2. The zero-order valence-corrected chi connectivity index (χ0v) is 16.1. The molecule has 1 fully saturated rings. The molecule has 1 heterocycles. The smallest absolute Gasteiger partial charge is 0.321 e. The maximum atomic E-state index is 12.4. The standard InChI is InChI=1S/C20H23N5O4/c1-15-5-4-6-16(13-15)22-20(27)24-11-9-23(10-12-24)19(26)14-21-17-7-2-3-8-18(17)25(28)29/h2-8,13,21H,9-12,14H2,1H3,(H,22,27). The fourth-order valence-corrected chi connectivity index (χ4v) is 3.15. The summed E-state index contributed by atoms with van der Waals surface area (Å²) in [6, 6.07) is 13.6. The number of amides is 3. The molecule has 0 unspecified atom stereocenters. The Morgan fingerprint density at radius 3 is 2.41 bits per heavy atom. The van der Waals surface area contributed by atoms with E-state index in [-0.39, 0.29) is 24.2 Å². The maximum absolute atomic E-state index is 12.4. The van der Waals surface area contributed by atoms with Gasteiger partial charge in [-0.3, -0.25) is 14.9 Å². The van der Waals surface area contributed by atoms with Crippen molar-refractivity contribution in [2.45, 2.75) is 6.92 Å². The lowest BCUT2D eigenvalue weighted by Crippen LogP contribution is -2.52. The van der Waals surface area contributed by atoms with Crippen LogP contribution >= 0.6 is 0 Å². The van der Waals surface area contributed by atoms with Crippen LogP contribution in [-0.2, 0) is 4.79 Å². The van der Waals surface area contributed by atoms with E-state index in [1.54, 1.807) is 28.0 Å². The molecule has 0 aromatic heterocycles. The van der Waals surface area contributed by atoms with Gasteiger partial charge in [0, 0.05) is 37.9 Å². The van der Waals surface area contributed by atoms with Crippen LogP contribution in [-0.4, -0.2) is 59.4 Å². The van der Waals surface area contributed by atoms with Gasteiger partial charge in [0.2, 0.25) is 5.91 Å². The van der Waals surface area contributed by atoms with Gasteiger partial charge in [0.25, 0.3) is 5.69 Å². The van der Waals surface area contributed by atoms with Crippen molar-refractivity contribution in [3.63, 3.8) is 0 Å². The van der Waals surface area contributed by atoms with Gasteiger partial charge in [-0.1, -0.05) is 24.3 Å². The lowest BCUT2D eigenvalue weighted by Gasteiger charge is -2.34. The highest BCUT2D eigenvalue weighted by molar-refractivity contribution is 5.89. The van der Waals surface area contributed by atoms with Crippen LogP contribution in [0.2, 0.25) is 0 Å². The van der Waals surface area contributed by atoms with Gasteiger partial charge < -0.3 is 20.4 Å². The molecule has 0 spiro atoms. The second kappa shape index (κ2) is 9.05. The van der Waals surface area contributed by atoms with E-state index in [1.165, 1.54) is 6.07 Å². The fraction of sp³-hybridized carbons (Fsp3) is 0.300. The summed E-state index contributed by atoms with van der Waals surface area (Å²) >= 11 is 0. The van der Waals surface area contributed by atoms with Crippen LogP contribution in [0.5, 0.6) is 0 Å². The van der Waals surface area contributed by atoms with Gasteiger partial charge in [0.1, 0.15) is 5.69 Å². The number of anilines is 2. The van der Waals surface area contributed by atoms with Crippen LogP contribution in [0.25, 0.3) is 0 Å². The zero-order chi connectivity index (χ0) is 20.8. The Morgan fingerprint density at radius 2 is 1.72 bits per heavy atom. The molecule has 1 aliphatic heterocycles. The van der Waals surface area contributed by atoms with Crippen LogP contribution in [0.3, 0.4) is 0 Å². The zero-order valence-electron chi connectivity index (χ0n) is 16.1. The number of para-hydroxylation sites is 2. The number of nitro benzene ring substituents is 1. The monoisotopic (exact) mass is 397 g/mol. The number of hydrogen-bond donors (Lipinski definition) is 2. The molecule has 3 amide bonds. The molecule has 0 aliphatic carbocycles. The van der Waals surface area contributed by atoms with Crippen molar-refractivity contribution in [1.82, 2.24) is 9.80 Å². The van der Waals surface area contributed by atoms with Crippen molar-refractivity contribution in [2.75, 3.05) is 43.4 Å². The van der Waals surface area contributed by atoms with Crippen molar-refractivity contribution in [1.29, 1.82) is 0 Å². The third kappa shape index (κ3) is 5.22. The van der Waals surface area contributed by atoms with E-state index in [0.717, 1.165) is 11.3 Å². The number of aryl methyl sites for hydroxylation is 1. The summed E-state index contributed by atoms with van der Waals surface area (Å²) in [5.74, 6) is -0.165. The van der Waals surface area contributed by atoms with Crippen LogP contribution in [0.1, 0.15) is 5.56 Å². The Morgan fingerprint density at radius 1 is 1.03 bits per heavy atom. The Kier molecular flexibility index (Phi) is 6.28. The van der Waals surface area contributed by atoms with E-state index < -0.39 is 4.92 Å². The molecular formula is C20H23N5O4. The Bertz CT molecular complexity index is 909. The first-order valence-electron chi connectivity index (χ1n) is 9.31. The Labute approximate surface area is 168 Å². The molecule has 152 valence electrons. The highest BCUT2D eigenvalue weighted by atomic mass is 16.6. The molecule has 0 saturated carbocycles. The number of rotatable bonds is 5. The largest absolute Gasteiger partial charge is 0.371 e. The number of benzene rings is 2. The van der Waals surface area contributed by atoms with Crippen molar-refractivity contribution in [2.24, 2.45) is 0 Å². The molecule has 1 saturated heterocycles. The number of nitro groups is 1. The van der Waals surface area contributed by atoms with Crippen LogP contribution in [0.4, 0.5) is 21.9 Å². The van der Waals surface area contributed by atoms with E-state index >= 15 is 0 Å². The first kappa shape index (κ1) is 20.1. The summed E-state index contributed by atoms with van der Waals surface area (Å²) in [6.45, 7) is 3.60. The van der Waals surface area contributed by atoms with Crippen molar-refractivity contribution in [3.05, 3.63) is 64.2 Å². The lowest BCUT2D eigenvalue weighted by molar-refractivity contribution is -0.383. The second-order valence-electron chi connectivity index (χ2n) is 6.80. The van der Waals surface area contributed by atoms with Crippen LogP contribution in [0, 0.1) is 17.0 Å². The molecule has 9 nitrogen and oxygen atoms in total. The van der Waals surface area contributed by atoms with Gasteiger partial charge in [-0.25, -0.2) is 4.79 Å². The van der Waals surface area contributed by atoms with Crippen LogP contribution in [0.15, 0.2) is 48.5 Å². The average molecular weight is 397 g/mol. The van der Waals surface area contributed by atoms with E-state index in [9.17, 15) is 19.7 Å². The summed E-state index contributed by atoms with van der Waals surface area (Å²) in [5.41, 5.74) is 2.03. The molecule has 2 N–H and O–H groups in total. The van der Waals surface area contributed by atoms with Crippen molar-refractivity contribution >= 4 is 29.0 Å². The van der Waals surface area contributed by atoms with Gasteiger partial charge in [-0.05, 0) is 30.7 Å². The SMILES string of the molecule is Cc1cccc(NC(=O)N2CCN(C(=O)CNc3ccccc3[N+](=O)[O-])CC2)c1. The van der Waals surface area contributed by atoms with Gasteiger partial charge >= 0.3 is 6.03 Å². The van der Waals surface area contributed by atoms with Gasteiger partial charge in [-0.15, -0.1) is 0 Å². The molecule has 2 aromatic carbocycles. The number of carbonyl (C=O) groups excluding carboxylic acids is 2. The Balaban J connectivity index is 1.48. The van der Waals surface area contributed by atoms with E-state index in [1.807, 2.05) is 31.2 Å². The highest BCUT2D eigenvalue weighted by Gasteiger charge is 2.24. The second-order valence-corrected chi connectivity index (χ2v) is 6.80. The minimum Gasteiger partial charge on any atom is -0.371 e. The molecule has 0 bridgehead atoms. The molecular weight excluding hydrogens is 374 g/mol. The highest BCUT2D eigenvalue weighted by Crippen LogP contribution is 2.22. The number of nitrogens with zero attached hydrogens (tertiary/aromatic N) is 3. The van der Waals surface area contributed by atoms with Gasteiger partial charge in [0.15, 0.2) is 0 Å². The quantitative estimate of drug-likeness (QED) is 0.596. The number of urea groups is 1. The summed E-state index contributed by atoms with van der Waals surface area (Å²) in [4.78, 5) is 38.7. The van der Waals surface area contributed by atoms with Gasteiger partial charge in [0.05, 0.1) is 11.5 Å². The molecule has 29 heavy (non-hydrogen) atoms. The van der Waals surface area contributed by atoms with E-state index in [4.69, 9.17) is 0 Å². The predicted molar refractivity (Wildman–Crippen MR) is 110 cm³/mol. The normalized spacial score (nSPS) is 13.7. The maximum Gasteiger partial charge on any atom is 0.321 e. The molecule has 9 heteroatoms. The third-order valence-electron chi connectivity index (χ3n) is 4.72. The fourth-order valence-electron chi connectivity index (χ4n) is 3.15. The first-order chi connectivity index (χ1) is 13.9. The average Bonchev–Trinajstić information content (AvgIpc) is 2.72. The topological polar surface area (TPSA) is 108 Å². The van der Waals surface area contributed by atoms with Crippen LogP contribution < -0.4 is 10.6 Å². The van der Waals surface area contributed by atoms with Gasteiger partial charge in [-0.2, -0.15) is 0 Å². The summed E-state index contributed by atoms with van der Waals surface area (Å²) in [7, 11) is 0. The number of piperazine rings is 1. The summed E-state index contributed by atoms with van der Waals surface area (Å²) in [5, 5.41) is 16.7.